The summed E-state index contributed by atoms with van der Waals surface area (Å²) < 4.78 is 92.2. The molecule has 2 aliphatic rings. The van der Waals surface area contributed by atoms with Crippen molar-refractivity contribution in [2.75, 3.05) is 16.0 Å². The Morgan fingerprint density at radius 3 is 2.12 bits per heavy atom. The van der Waals surface area contributed by atoms with Gasteiger partial charge in [0.05, 0.1) is 27.5 Å². The van der Waals surface area contributed by atoms with E-state index in [-0.39, 0.29) is 45.5 Å². The Morgan fingerprint density at radius 1 is 0.881 bits per heavy atom. The molecule has 0 aliphatic heterocycles. The van der Waals surface area contributed by atoms with Crippen LogP contribution in [-0.4, -0.2) is 22.7 Å². The first-order valence-electron chi connectivity index (χ1n) is 12.3. The normalized spacial score (nSPS) is 16.1. The molecule has 1 heterocycles. The molecule has 2 aromatic carbocycles. The number of nitrogens with zero attached hydrogens (tertiary/aromatic N) is 1. The second-order valence-corrected chi connectivity index (χ2v) is 11.3. The Bertz CT molecular complexity index is 1600. The first-order valence-corrected chi connectivity index (χ1v) is 13.5. The van der Waals surface area contributed by atoms with Crippen molar-refractivity contribution in [3.63, 3.8) is 0 Å². The van der Waals surface area contributed by atoms with E-state index in [0.717, 1.165) is 23.5 Å². The monoisotopic (exact) mass is 634 g/mol. The number of amides is 3. The third kappa shape index (κ3) is 6.21. The number of halogens is 8. The summed E-state index contributed by atoms with van der Waals surface area (Å²) in [4.78, 5) is 43.3. The van der Waals surface area contributed by atoms with E-state index in [1.807, 2.05) is 0 Å². The number of thiazole rings is 1. The Morgan fingerprint density at radius 2 is 1.52 bits per heavy atom. The van der Waals surface area contributed by atoms with Gasteiger partial charge < -0.3 is 16.0 Å². The lowest BCUT2D eigenvalue weighted by molar-refractivity contribution is -0.138. The molecule has 0 radical (unpaired) electrons. The zero-order chi connectivity index (χ0) is 30.6. The van der Waals surface area contributed by atoms with E-state index in [9.17, 15) is 45.1 Å². The number of hydrogen-bond acceptors (Lipinski definition) is 5. The van der Waals surface area contributed by atoms with Crippen LogP contribution in [0.2, 0.25) is 5.02 Å². The molecule has 2 aliphatic carbocycles. The van der Waals surface area contributed by atoms with Gasteiger partial charge in [-0.15, -0.1) is 0 Å². The highest BCUT2D eigenvalue weighted by Crippen LogP contribution is 2.49. The second-order valence-electron chi connectivity index (χ2n) is 9.87. The number of carbonyl (C=O) groups excluding carboxylic acids is 3. The SMILES string of the molecule is O=C(Nc1cc(C(F)(F)F)ccc1Cl)c1sc(NC(=O)C2(C(=O)Nc3cc(F)cc(C(F)(F)F)c3)CC2)nc1C1CC1. The van der Waals surface area contributed by atoms with Crippen molar-refractivity contribution in [3.05, 3.63) is 68.9 Å². The van der Waals surface area contributed by atoms with E-state index in [1.54, 1.807) is 0 Å². The van der Waals surface area contributed by atoms with Gasteiger partial charge in [-0.1, -0.05) is 22.9 Å². The first-order chi connectivity index (χ1) is 19.6. The average molecular weight is 635 g/mol. The van der Waals surface area contributed by atoms with Gasteiger partial charge in [0.1, 0.15) is 16.1 Å². The Kier molecular flexibility index (Phi) is 7.46. The van der Waals surface area contributed by atoms with E-state index in [2.05, 4.69) is 20.9 Å². The van der Waals surface area contributed by atoms with E-state index in [1.165, 1.54) is 0 Å². The van der Waals surface area contributed by atoms with Crippen LogP contribution in [0.15, 0.2) is 36.4 Å². The molecule has 2 fully saturated rings. The van der Waals surface area contributed by atoms with E-state index >= 15 is 0 Å². The Hall–Kier alpha value is -3.72. The van der Waals surface area contributed by atoms with Crippen molar-refractivity contribution >= 4 is 57.2 Å². The summed E-state index contributed by atoms with van der Waals surface area (Å²) in [6, 6.07) is 3.94. The van der Waals surface area contributed by atoms with Crippen LogP contribution in [0, 0.1) is 11.2 Å². The van der Waals surface area contributed by atoms with Gasteiger partial charge in [-0.25, -0.2) is 9.37 Å². The lowest BCUT2D eigenvalue weighted by Crippen LogP contribution is -2.35. The minimum Gasteiger partial charge on any atom is -0.325 e. The van der Waals surface area contributed by atoms with Gasteiger partial charge in [0, 0.05) is 11.6 Å². The number of alkyl halides is 6. The molecule has 7 nitrogen and oxygen atoms in total. The van der Waals surface area contributed by atoms with Crippen molar-refractivity contribution in [3.8, 4) is 0 Å². The van der Waals surface area contributed by atoms with Gasteiger partial charge in [-0.3, -0.25) is 14.4 Å². The smallest absolute Gasteiger partial charge is 0.325 e. The van der Waals surface area contributed by atoms with Gasteiger partial charge >= 0.3 is 12.4 Å². The zero-order valence-electron chi connectivity index (χ0n) is 21.0. The summed E-state index contributed by atoms with van der Waals surface area (Å²) in [5.74, 6) is -3.95. The van der Waals surface area contributed by atoms with Crippen LogP contribution < -0.4 is 16.0 Å². The van der Waals surface area contributed by atoms with Crippen molar-refractivity contribution in [2.45, 2.75) is 44.0 Å². The number of nitrogens with one attached hydrogen (secondary N) is 3. The lowest BCUT2D eigenvalue weighted by atomic mass is 10.0. The van der Waals surface area contributed by atoms with Crippen LogP contribution in [-0.2, 0) is 21.9 Å². The van der Waals surface area contributed by atoms with Crippen LogP contribution in [0.5, 0.6) is 0 Å². The van der Waals surface area contributed by atoms with Crippen LogP contribution in [0.3, 0.4) is 0 Å². The van der Waals surface area contributed by atoms with Crippen molar-refractivity contribution in [1.82, 2.24) is 4.98 Å². The van der Waals surface area contributed by atoms with Gasteiger partial charge in [0.2, 0.25) is 11.8 Å². The number of benzene rings is 2. The standard InChI is InChI=1S/C26H18ClF7N4O3S/c27-16-4-3-12(25(29,30)31)9-17(16)36-20(39)19-18(11-1-2-11)37-23(42-19)38-22(41)24(5-6-24)21(40)35-15-8-13(26(32,33)34)7-14(28)10-15/h3-4,7-11H,1-2,5-6H2,(H,35,40)(H,36,39)(H,37,38,41). The molecule has 42 heavy (non-hydrogen) atoms. The molecule has 0 bridgehead atoms. The zero-order valence-corrected chi connectivity index (χ0v) is 22.5. The summed E-state index contributed by atoms with van der Waals surface area (Å²) in [5.41, 5.74) is -4.46. The number of anilines is 3. The first kappa shape index (κ1) is 29.8. The predicted molar refractivity (Wildman–Crippen MR) is 139 cm³/mol. The fraction of sp³-hybridized carbons (Fsp3) is 0.308. The summed E-state index contributed by atoms with van der Waals surface area (Å²) >= 11 is 6.72. The van der Waals surface area contributed by atoms with Crippen LogP contribution in [0.1, 0.15) is 58.1 Å². The Labute approximate surface area is 241 Å². The third-order valence-electron chi connectivity index (χ3n) is 6.69. The average Bonchev–Trinajstić information content (AvgIpc) is 3.81. The van der Waals surface area contributed by atoms with Crippen LogP contribution in [0.4, 0.5) is 47.2 Å². The molecular formula is C26H18ClF7N4O3S. The molecule has 3 aromatic rings. The maximum atomic E-state index is 13.7. The highest BCUT2D eigenvalue weighted by Gasteiger charge is 2.57. The second kappa shape index (κ2) is 10.5. The third-order valence-corrected chi connectivity index (χ3v) is 8.00. The van der Waals surface area contributed by atoms with Crippen molar-refractivity contribution < 1.29 is 45.1 Å². The summed E-state index contributed by atoms with van der Waals surface area (Å²) in [6.07, 6.45) is -8.08. The summed E-state index contributed by atoms with van der Waals surface area (Å²) in [5, 5.41) is 6.77. The van der Waals surface area contributed by atoms with Gasteiger partial charge in [-0.2, -0.15) is 26.3 Å². The van der Waals surface area contributed by atoms with E-state index in [0.29, 0.717) is 36.7 Å². The molecular weight excluding hydrogens is 617 g/mol. The maximum absolute atomic E-state index is 13.7. The molecule has 5 rings (SSSR count). The molecule has 0 saturated heterocycles. The molecule has 222 valence electrons. The van der Waals surface area contributed by atoms with Crippen molar-refractivity contribution in [2.24, 2.45) is 5.41 Å². The van der Waals surface area contributed by atoms with E-state index in [4.69, 9.17) is 11.6 Å². The molecule has 0 spiro atoms. The predicted octanol–water partition coefficient (Wildman–Crippen LogP) is 7.46. The van der Waals surface area contributed by atoms with Crippen LogP contribution >= 0.6 is 22.9 Å². The fourth-order valence-electron chi connectivity index (χ4n) is 4.13. The fourth-order valence-corrected chi connectivity index (χ4v) is 5.24. The minimum absolute atomic E-state index is 0.0232. The Balaban J connectivity index is 1.32. The molecule has 0 unspecified atom stereocenters. The largest absolute Gasteiger partial charge is 0.416 e. The summed E-state index contributed by atoms with van der Waals surface area (Å²) in [7, 11) is 0. The molecule has 0 atom stereocenters. The highest BCUT2D eigenvalue weighted by molar-refractivity contribution is 7.17. The lowest BCUT2D eigenvalue weighted by Gasteiger charge is -2.15. The number of rotatable bonds is 7. The highest BCUT2D eigenvalue weighted by atomic mass is 35.5. The molecule has 2 saturated carbocycles. The molecule has 1 aromatic heterocycles. The number of aromatic nitrogens is 1. The van der Waals surface area contributed by atoms with Crippen LogP contribution in [0.25, 0.3) is 0 Å². The van der Waals surface area contributed by atoms with Gasteiger partial charge in [0.25, 0.3) is 5.91 Å². The molecule has 3 amide bonds. The molecule has 16 heteroatoms. The number of hydrogen-bond donors (Lipinski definition) is 3. The van der Waals surface area contributed by atoms with Gasteiger partial charge in [0.15, 0.2) is 5.13 Å². The molecule has 3 N–H and O–H groups in total. The number of carbonyl (C=O) groups is 3. The maximum Gasteiger partial charge on any atom is 0.416 e. The van der Waals surface area contributed by atoms with Gasteiger partial charge in [-0.05, 0) is 62.1 Å². The summed E-state index contributed by atoms with van der Waals surface area (Å²) in [6.45, 7) is 0. The van der Waals surface area contributed by atoms with E-state index < -0.39 is 58.1 Å². The topological polar surface area (TPSA) is 100 Å². The minimum atomic E-state index is -4.86. The van der Waals surface area contributed by atoms with Crippen molar-refractivity contribution in [1.29, 1.82) is 0 Å². The quantitative estimate of drug-likeness (QED) is 0.186.